The van der Waals surface area contributed by atoms with Crippen LogP contribution < -0.4 is 16.6 Å². The zero-order chi connectivity index (χ0) is 25.2. The third-order valence-corrected chi connectivity index (χ3v) is 6.14. The minimum absolute atomic E-state index is 0.0606. The van der Waals surface area contributed by atoms with Crippen molar-refractivity contribution in [3.63, 3.8) is 0 Å². The number of aromatic nitrogens is 3. The molecule has 0 amide bonds. The summed E-state index contributed by atoms with van der Waals surface area (Å²) in [5.41, 5.74) is 10.4. The lowest BCUT2D eigenvalue weighted by molar-refractivity contribution is 0.772. The predicted octanol–water partition coefficient (Wildman–Crippen LogP) is 5.38. The first kappa shape index (κ1) is 22.8. The van der Waals surface area contributed by atoms with Crippen molar-refractivity contribution >= 4 is 22.5 Å². The summed E-state index contributed by atoms with van der Waals surface area (Å²) in [6.07, 6.45) is 1.39. The Balaban J connectivity index is 1.75. The quantitative estimate of drug-likeness (QED) is 0.355. The molecule has 7 nitrogen and oxygen atoms in total. The molecule has 3 aromatic carbocycles. The molecule has 0 unspecified atom stereocenters. The third kappa shape index (κ3) is 4.17. The molecule has 0 aliphatic carbocycles. The SMILES string of the molecule is Cc1cccc(-c2cccc3cc([C@H](C)Nc4nc(N)ncc4C#N)n(-c4ccccc4)c(=O)c23)c1. The molecule has 1 atom stereocenters. The Morgan fingerprint density at radius 3 is 2.56 bits per heavy atom. The van der Waals surface area contributed by atoms with Crippen LogP contribution in [-0.4, -0.2) is 14.5 Å². The van der Waals surface area contributed by atoms with Gasteiger partial charge in [-0.2, -0.15) is 10.2 Å². The Morgan fingerprint density at radius 2 is 1.81 bits per heavy atom. The van der Waals surface area contributed by atoms with Crippen molar-refractivity contribution in [2.45, 2.75) is 19.9 Å². The Labute approximate surface area is 208 Å². The van der Waals surface area contributed by atoms with Gasteiger partial charge in [0.1, 0.15) is 17.5 Å². The topological polar surface area (TPSA) is 110 Å². The number of benzene rings is 3. The summed E-state index contributed by atoms with van der Waals surface area (Å²) < 4.78 is 1.72. The van der Waals surface area contributed by atoms with Crippen LogP contribution in [0, 0.1) is 18.3 Å². The van der Waals surface area contributed by atoms with Crippen LogP contribution >= 0.6 is 0 Å². The number of hydrogen-bond acceptors (Lipinski definition) is 6. The predicted molar refractivity (Wildman–Crippen MR) is 143 cm³/mol. The molecule has 7 heteroatoms. The molecule has 2 heterocycles. The van der Waals surface area contributed by atoms with Gasteiger partial charge in [-0.1, -0.05) is 66.2 Å². The normalized spacial score (nSPS) is 11.7. The average Bonchev–Trinajstić information content (AvgIpc) is 2.89. The van der Waals surface area contributed by atoms with Crippen LogP contribution in [0.2, 0.25) is 0 Å². The average molecular weight is 473 g/mol. The molecular weight excluding hydrogens is 448 g/mol. The van der Waals surface area contributed by atoms with Crippen LogP contribution in [0.1, 0.15) is 29.8 Å². The number of fused-ring (bicyclic) bond motifs is 1. The zero-order valence-electron chi connectivity index (χ0n) is 19.9. The van der Waals surface area contributed by atoms with E-state index in [2.05, 4.69) is 27.4 Å². The Hall–Kier alpha value is -4.96. The lowest BCUT2D eigenvalue weighted by Crippen LogP contribution is -2.26. The summed E-state index contributed by atoms with van der Waals surface area (Å²) in [5, 5.41) is 14.2. The van der Waals surface area contributed by atoms with Crippen LogP contribution in [0.4, 0.5) is 11.8 Å². The Morgan fingerprint density at radius 1 is 1.03 bits per heavy atom. The molecule has 0 saturated carbocycles. The van der Waals surface area contributed by atoms with E-state index in [1.165, 1.54) is 6.20 Å². The number of nitrogen functional groups attached to an aromatic ring is 1. The molecule has 0 fully saturated rings. The minimum atomic E-state index is -0.383. The summed E-state index contributed by atoms with van der Waals surface area (Å²) in [6, 6.07) is 27.3. The van der Waals surface area contributed by atoms with E-state index in [1.54, 1.807) is 4.57 Å². The summed E-state index contributed by atoms with van der Waals surface area (Å²) in [6.45, 7) is 3.96. The van der Waals surface area contributed by atoms with E-state index in [0.717, 1.165) is 33.5 Å². The summed E-state index contributed by atoms with van der Waals surface area (Å²) >= 11 is 0. The summed E-state index contributed by atoms with van der Waals surface area (Å²) in [5.74, 6) is 0.378. The molecule has 176 valence electrons. The maximum atomic E-state index is 14.2. The highest BCUT2D eigenvalue weighted by Crippen LogP contribution is 2.30. The van der Waals surface area contributed by atoms with Gasteiger partial charge in [0.25, 0.3) is 5.56 Å². The van der Waals surface area contributed by atoms with Crippen molar-refractivity contribution in [1.82, 2.24) is 14.5 Å². The molecule has 0 saturated heterocycles. The van der Waals surface area contributed by atoms with Gasteiger partial charge in [-0.15, -0.1) is 0 Å². The number of nitrogens with zero attached hydrogens (tertiary/aromatic N) is 4. The van der Waals surface area contributed by atoms with Crippen LogP contribution in [0.5, 0.6) is 0 Å². The van der Waals surface area contributed by atoms with Crippen LogP contribution in [0.3, 0.4) is 0 Å². The minimum Gasteiger partial charge on any atom is -0.368 e. The maximum absolute atomic E-state index is 14.2. The number of hydrogen-bond donors (Lipinski definition) is 2. The van der Waals surface area contributed by atoms with Gasteiger partial charge < -0.3 is 11.1 Å². The molecular formula is C29H24N6O. The first-order valence-corrected chi connectivity index (χ1v) is 11.6. The van der Waals surface area contributed by atoms with Gasteiger partial charge in [-0.05, 0) is 48.6 Å². The number of nitrogens with two attached hydrogens (primary N) is 1. The van der Waals surface area contributed by atoms with Gasteiger partial charge in [-0.3, -0.25) is 9.36 Å². The fourth-order valence-electron chi connectivity index (χ4n) is 4.46. The molecule has 0 spiro atoms. The lowest BCUT2D eigenvalue weighted by atomic mass is 9.97. The first-order chi connectivity index (χ1) is 17.5. The monoisotopic (exact) mass is 472 g/mol. The highest BCUT2D eigenvalue weighted by atomic mass is 16.1. The van der Waals surface area contributed by atoms with Gasteiger partial charge in [-0.25, -0.2) is 4.98 Å². The molecule has 0 aliphatic heterocycles. The number of aryl methyl sites for hydroxylation is 1. The maximum Gasteiger partial charge on any atom is 0.263 e. The van der Waals surface area contributed by atoms with Crippen LogP contribution in [0.15, 0.2) is 89.9 Å². The van der Waals surface area contributed by atoms with E-state index < -0.39 is 0 Å². The van der Waals surface area contributed by atoms with E-state index in [1.807, 2.05) is 86.6 Å². The van der Waals surface area contributed by atoms with E-state index in [4.69, 9.17) is 5.73 Å². The lowest BCUT2D eigenvalue weighted by Gasteiger charge is -2.22. The van der Waals surface area contributed by atoms with E-state index in [9.17, 15) is 10.1 Å². The van der Waals surface area contributed by atoms with Gasteiger partial charge >= 0.3 is 0 Å². The molecule has 5 aromatic rings. The second-order valence-electron chi connectivity index (χ2n) is 8.65. The largest absolute Gasteiger partial charge is 0.368 e. The van der Waals surface area contributed by atoms with Crippen molar-refractivity contribution in [3.05, 3.63) is 112 Å². The fourth-order valence-corrected chi connectivity index (χ4v) is 4.46. The first-order valence-electron chi connectivity index (χ1n) is 11.6. The molecule has 5 rings (SSSR count). The number of para-hydroxylation sites is 1. The van der Waals surface area contributed by atoms with Crippen molar-refractivity contribution in [2.75, 3.05) is 11.1 Å². The third-order valence-electron chi connectivity index (χ3n) is 6.14. The number of anilines is 2. The zero-order valence-corrected chi connectivity index (χ0v) is 19.9. The van der Waals surface area contributed by atoms with Crippen molar-refractivity contribution in [1.29, 1.82) is 5.26 Å². The summed E-state index contributed by atoms with van der Waals surface area (Å²) in [7, 11) is 0. The highest BCUT2D eigenvalue weighted by Gasteiger charge is 2.20. The second-order valence-corrected chi connectivity index (χ2v) is 8.65. The number of nitrogens with one attached hydrogen (secondary N) is 1. The molecule has 36 heavy (non-hydrogen) atoms. The number of pyridine rings is 1. The molecule has 3 N–H and O–H groups in total. The van der Waals surface area contributed by atoms with Gasteiger partial charge in [0, 0.05) is 11.4 Å². The van der Waals surface area contributed by atoms with Gasteiger partial charge in [0.2, 0.25) is 5.95 Å². The van der Waals surface area contributed by atoms with Crippen LogP contribution in [0.25, 0.3) is 27.6 Å². The standard InChI is InChI=1S/C29H24N6O/c1-18-8-6-9-20(14-18)24-13-7-10-21-15-25(19(2)33-27-22(16-30)17-32-29(31)34-27)35(28(36)26(21)24)23-11-4-3-5-12-23/h3-15,17,19H,1-2H3,(H3,31,32,33,34)/t19-/m0/s1. The Bertz CT molecular complexity index is 1680. The molecule has 0 radical (unpaired) electrons. The number of rotatable bonds is 5. The van der Waals surface area contributed by atoms with Crippen molar-refractivity contribution in [3.8, 4) is 22.9 Å². The van der Waals surface area contributed by atoms with Gasteiger partial charge in [0.15, 0.2) is 0 Å². The van der Waals surface area contributed by atoms with Crippen molar-refractivity contribution in [2.24, 2.45) is 0 Å². The summed E-state index contributed by atoms with van der Waals surface area (Å²) in [4.78, 5) is 22.3. The highest BCUT2D eigenvalue weighted by molar-refractivity contribution is 5.96. The van der Waals surface area contributed by atoms with Crippen molar-refractivity contribution < 1.29 is 0 Å². The Kier molecular flexibility index (Phi) is 5.93. The van der Waals surface area contributed by atoms with E-state index in [0.29, 0.717) is 11.2 Å². The number of nitriles is 1. The fraction of sp³-hybridized carbons (Fsp3) is 0.103. The molecule has 2 aromatic heterocycles. The molecule has 0 aliphatic rings. The van der Waals surface area contributed by atoms with E-state index in [-0.39, 0.29) is 23.1 Å². The van der Waals surface area contributed by atoms with Crippen LogP contribution in [-0.2, 0) is 0 Å². The van der Waals surface area contributed by atoms with E-state index >= 15 is 0 Å². The van der Waals surface area contributed by atoms with Gasteiger partial charge in [0.05, 0.1) is 17.6 Å². The smallest absolute Gasteiger partial charge is 0.263 e. The molecule has 0 bridgehead atoms. The second kappa shape index (κ2) is 9.35.